The Morgan fingerprint density at radius 1 is 1.29 bits per heavy atom. The highest BCUT2D eigenvalue weighted by atomic mass is 16.6. The predicted molar refractivity (Wildman–Crippen MR) is 60.7 cm³/mol. The van der Waals surface area contributed by atoms with Crippen molar-refractivity contribution in [3.63, 3.8) is 0 Å². The SMILES string of the molecule is CC(C)OC(=O)C(O)Cc1ccc(O)c(O)c1. The summed E-state index contributed by atoms with van der Waals surface area (Å²) < 4.78 is 4.84. The molecule has 5 heteroatoms. The fourth-order valence-corrected chi connectivity index (χ4v) is 1.31. The van der Waals surface area contributed by atoms with Gasteiger partial charge in [0.25, 0.3) is 0 Å². The molecule has 1 rings (SSSR count). The van der Waals surface area contributed by atoms with Crippen molar-refractivity contribution in [2.24, 2.45) is 0 Å². The van der Waals surface area contributed by atoms with Crippen molar-refractivity contribution >= 4 is 5.97 Å². The Hall–Kier alpha value is -1.75. The molecule has 17 heavy (non-hydrogen) atoms. The number of carbonyl (C=O) groups excluding carboxylic acids is 1. The molecular formula is C12H16O5. The number of esters is 1. The van der Waals surface area contributed by atoms with E-state index in [4.69, 9.17) is 9.84 Å². The van der Waals surface area contributed by atoms with Gasteiger partial charge in [-0.1, -0.05) is 6.07 Å². The molecule has 0 saturated carbocycles. The molecule has 1 aromatic carbocycles. The molecular weight excluding hydrogens is 224 g/mol. The van der Waals surface area contributed by atoms with E-state index >= 15 is 0 Å². The second-order valence-electron chi connectivity index (χ2n) is 4.03. The van der Waals surface area contributed by atoms with Crippen molar-refractivity contribution in [2.75, 3.05) is 0 Å². The van der Waals surface area contributed by atoms with E-state index in [1.54, 1.807) is 13.8 Å². The molecule has 0 fully saturated rings. The number of hydrogen-bond acceptors (Lipinski definition) is 5. The summed E-state index contributed by atoms with van der Waals surface area (Å²) in [4.78, 5) is 11.3. The molecule has 0 aliphatic rings. The molecule has 0 bridgehead atoms. The van der Waals surface area contributed by atoms with Crippen LogP contribution >= 0.6 is 0 Å². The molecule has 0 aliphatic carbocycles. The third-order valence-corrected chi connectivity index (χ3v) is 2.09. The number of phenols is 2. The minimum absolute atomic E-state index is 0.0272. The standard InChI is InChI=1S/C12H16O5/c1-7(2)17-12(16)11(15)6-8-3-4-9(13)10(14)5-8/h3-5,7,11,13-15H,6H2,1-2H3. The van der Waals surface area contributed by atoms with Gasteiger partial charge in [-0.05, 0) is 31.5 Å². The summed E-state index contributed by atoms with van der Waals surface area (Å²) in [5.74, 6) is -1.23. The summed E-state index contributed by atoms with van der Waals surface area (Å²) in [6.07, 6.45) is -1.54. The second kappa shape index (κ2) is 5.54. The van der Waals surface area contributed by atoms with Gasteiger partial charge in [0.1, 0.15) is 0 Å². The number of benzene rings is 1. The third kappa shape index (κ3) is 3.96. The lowest BCUT2D eigenvalue weighted by molar-refractivity contribution is -0.157. The molecule has 94 valence electrons. The highest BCUT2D eigenvalue weighted by molar-refractivity contribution is 5.75. The van der Waals surface area contributed by atoms with Gasteiger partial charge in [-0.15, -0.1) is 0 Å². The number of aromatic hydroxyl groups is 2. The van der Waals surface area contributed by atoms with Crippen molar-refractivity contribution in [2.45, 2.75) is 32.5 Å². The number of ether oxygens (including phenoxy) is 1. The monoisotopic (exact) mass is 240 g/mol. The summed E-state index contributed by atoms with van der Waals surface area (Å²) in [7, 11) is 0. The minimum atomic E-state index is -1.28. The van der Waals surface area contributed by atoms with E-state index in [1.807, 2.05) is 0 Å². The van der Waals surface area contributed by atoms with E-state index in [1.165, 1.54) is 18.2 Å². The van der Waals surface area contributed by atoms with E-state index in [0.29, 0.717) is 5.56 Å². The molecule has 5 nitrogen and oxygen atoms in total. The first-order valence-corrected chi connectivity index (χ1v) is 5.29. The van der Waals surface area contributed by atoms with Crippen molar-refractivity contribution in [1.29, 1.82) is 0 Å². The van der Waals surface area contributed by atoms with E-state index in [9.17, 15) is 15.0 Å². The summed E-state index contributed by atoms with van der Waals surface area (Å²) in [6.45, 7) is 3.38. The van der Waals surface area contributed by atoms with Crippen molar-refractivity contribution in [3.05, 3.63) is 23.8 Å². The topological polar surface area (TPSA) is 87.0 Å². The van der Waals surface area contributed by atoms with Crippen molar-refractivity contribution in [1.82, 2.24) is 0 Å². The molecule has 1 aromatic rings. The van der Waals surface area contributed by atoms with Crippen LogP contribution in [0.4, 0.5) is 0 Å². The molecule has 0 amide bonds. The van der Waals surface area contributed by atoms with Gasteiger partial charge in [-0.3, -0.25) is 0 Å². The van der Waals surface area contributed by atoms with E-state index in [-0.39, 0.29) is 24.0 Å². The van der Waals surface area contributed by atoms with Crippen LogP contribution in [-0.2, 0) is 16.0 Å². The van der Waals surface area contributed by atoms with Gasteiger partial charge in [-0.25, -0.2) is 4.79 Å². The van der Waals surface area contributed by atoms with E-state index < -0.39 is 12.1 Å². The molecule has 0 aromatic heterocycles. The van der Waals surface area contributed by atoms with Crippen LogP contribution in [0.25, 0.3) is 0 Å². The van der Waals surface area contributed by atoms with Gasteiger partial charge >= 0.3 is 5.97 Å². The van der Waals surface area contributed by atoms with Crippen molar-refractivity contribution < 1.29 is 24.9 Å². The largest absolute Gasteiger partial charge is 0.504 e. The maximum Gasteiger partial charge on any atom is 0.335 e. The third-order valence-electron chi connectivity index (χ3n) is 2.09. The van der Waals surface area contributed by atoms with E-state index in [2.05, 4.69) is 0 Å². The quantitative estimate of drug-likeness (QED) is 0.539. The second-order valence-corrected chi connectivity index (χ2v) is 4.03. The molecule has 3 N–H and O–H groups in total. The maximum absolute atomic E-state index is 11.3. The number of hydrogen-bond donors (Lipinski definition) is 3. The van der Waals surface area contributed by atoms with Crippen LogP contribution in [0.3, 0.4) is 0 Å². The molecule has 0 aliphatic heterocycles. The molecule has 0 heterocycles. The van der Waals surface area contributed by atoms with Crippen LogP contribution in [0.5, 0.6) is 11.5 Å². The zero-order valence-corrected chi connectivity index (χ0v) is 9.75. The summed E-state index contributed by atoms with van der Waals surface area (Å²) >= 11 is 0. The van der Waals surface area contributed by atoms with Crippen LogP contribution in [0.2, 0.25) is 0 Å². The fourth-order valence-electron chi connectivity index (χ4n) is 1.31. The lowest BCUT2D eigenvalue weighted by Gasteiger charge is -2.13. The zero-order valence-electron chi connectivity index (χ0n) is 9.75. The number of phenolic OH excluding ortho intramolecular Hbond substituents is 2. The van der Waals surface area contributed by atoms with Gasteiger partial charge in [-0.2, -0.15) is 0 Å². The Morgan fingerprint density at radius 2 is 1.94 bits per heavy atom. The van der Waals surface area contributed by atoms with Crippen LogP contribution in [0, 0.1) is 0 Å². The maximum atomic E-state index is 11.3. The van der Waals surface area contributed by atoms with E-state index in [0.717, 1.165) is 0 Å². The van der Waals surface area contributed by atoms with Gasteiger partial charge in [0.15, 0.2) is 17.6 Å². The molecule has 1 unspecified atom stereocenters. The zero-order chi connectivity index (χ0) is 13.0. The lowest BCUT2D eigenvalue weighted by atomic mass is 10.1. The number of aliphatic hydroxyl groups excluding tert-OH is 1. The minimum Gasteiger partial charge on any atom is -0.504 e. The Balaban J connectivity index is 2.64. The van der Waals surface area contributed by atoms with Crippen molar-refractivity contribution in [3.8, 4) is 11.5 Å². The fraction of sp³-hybridized carbons (Fsp3) is 0.417. The Kier molecular flexibility index (Phi) is 4.34. The van der Waals surface area contributed by atoms with Crippen LogP contribution in [0.15, 0.2) is 18.2 Å². The summed E-state index contributed by atoms with van der Waals surface area (Å²) in [5, 5.41) is 27.9. The Bertz CT molecular complexity index is 400. The molecule has 0 saturated heterocycles. The smallest absolute Gasteiger partial charge is 0.335 e. The number of rotatable bonds is 4. The molecule has 1 atom stereocenters. The van der Waals surface area contributed by atoms with Gasteiger partial charge in [0.05, 0.1) is 6.10 Å². The average molecular weight is 240 g/mol. The van der Waals surface area contributed by atoms with Gasteiger partial charge in [0.2, 0.25) is 0 Å². The van der Waals surface area contributed by atoms with Gasteiger partial charge in [0, 0.05) is 6.42 Å². The lowest BCUT2D eigenvalue weighted by Crippen LogP contribution is -2.27. The Labute approximate surface area is 99.3 Å². The first kappa shape index (κ1) is 13.3. The van der Waals surface area contributed by atoms with Crippen LogP contribution in [-0.4, -0.2) is 33.5 Å². The predicted octanol–water partition coefficient (Wildman–Crippen LogP) is 0.953. The molecule has 0 radical (unpaired) electrons. The highest BCUT2D eigenvalue weighted by Gasteiger charge is 2.18. The normalized spacial score (nSPS) is 12.5. The van der Waals surface area contributed by atoms with Gasteiger partial charge < -0.3 is 20.1 Å². The van der Waals surface area contributed by atoms with Crippen LogP contribution < -0.4 is 0 Å². The Morgan fingerprint density at radius 3 is 2.47 bits per heavy atom. The highest BCUT2D eigenvalue weighted by Crippen LogP contribution is 2.25. The first-order valence-electron chi connectivity index (χ1n) is 5.29. The average Bonchev–Trinajstić information content (AvgIpc) is 2.22. The van der Waals surface area contributed by atoms with Crippen LogP contribution in [0.1, 0.15) is 19.4 Å². The first-order chi connectivity index (χ1) is 7.90. The summed E-state index contributed by atoms with van der Waals surface area (Å²) in [6, 6.07) is 4.10. The molecule has 0 spiro atoms. The number of carbonyl (C=O) groups is 1. The number of aliphatic hydroxyl groups is 1. The summed E-state index contributed by atoms with van der Waals surface area (Å²) in [5.41, 5.74) is 0.536.